The fourth-order valence-electron chi connectivity index (χ4n) is 1.08. The molecule has 0 amide bonds. The number of halogens is 1. The number of nitrogen functional groups attached to an aromatic ring is 1. The van der Waals surface area contributed by atoms with Gasteiger partial charge in [0.25, 0.3) is 10.1 Å². The summed E-state index contributed by atoms with van der Waals surface area (Å²) in [5, 5.41) is 4.62. The van der Waals surface area contributed by atoms with Gasteiger partial charge in [-0.25, -0.2) is 13.6 Å². The summed E-state index contributed by atoms with van der Waals surface area (Å²) in [6, 6.07) is 1.74. The minimum Gasteiger partial charge on any atom is -0.398 e. The predicted octanol–water partition coefficient (Wildman–Crippen LogP) is -0.0953. The molecule has 0 bridgehead atoms. The number of nitrogens with two attached hydrogens (primary N) is 2. The van der Waals surface area contributed by atoms with Crippen LogP contribution in [0.2, 0.25) is 5.02 Å². The van der Waals surface area contributed by atoms with Crippen molar-refractivity contribution in [2.24, 2.45) is 5.14 Å². The van der Waals surface area contributed by atoms with Crippen LogP contribution in [0.25, 0.3) is 0 Å². The molecule has 0 unspecified atom stereocenters. The van der Waals surface area contributed by atoms with Crippen LogP contribution < -0.4 is 10.9 Å². The van der Waals surface area contributed by atoms with Crippen LogP contribution in [0.5, 0.6) is 0 Å². The highest BCUT2D eigenvalue weighted by Crippen LogP contribution is 2.29. The molecular formula is C7H9ClN2O5S2. The van der Waals surface area contributed by atoms with Gasteiger partial charge < -0.3 is 5.73 Å². The SMILES string of the molecule is COS(=O)(=O)c1cc(S(N)(=O)=O)c(N)cc1Cl. The molecule has 0 aliphatic rings. The van der Waals surface area contributed by atoms with Gasteiger partial charge in [0.2, 0.25) is 10.0 Å². The van der Waals surface area contributed by atoms with Crippen LogP contribution in [-0.4, -0.2) is 23.9 Å². The van der Waals surface area contributed by atoms with Crippen LogP contribution in [0.15, 0.2) is 21.9 Å². The van der Waals surface area contributed by atoms with E-state index in [-0.39, 0.29) is 10.7 Å². The van der Waals surface area contributed by atoms with Crippen LogP contribution in [0.4, 0.5) is 5.69 Å². The van der Waals surface area contributed by atoms with E-state index in [1.54, 1.807) is 0 Å². The minimum absolute atomic E-state index is 0.243. The average Bonchev–Trinajstić information content (AvgIpc) is 2.15. The van der Waals surface area contributed by atoms with E-state index in [0.717, 1.165) is 19.2 Å². The van der Waals surface area contributed by atoms with Gasteiger partial charge in [0.1, 0.15) is 9.79 Å². The zero-order valence-corrected chi connectivity index (χ0v) is 10.9. The lowest BCUT2D eigenvalue weighted by Gasteiger charge is -2.08. The first-order chi connectivity index (χ1) is 7.59. The normalized spacial score (nSPS) is 12.6. The van der Waals surface area contributed by atoms with Gasteiger partial charge in [-0.3, -0.25) is 4.18 Å². The minimum atomic E-state index is -4.14. The smallest absolute Gasteiger partial charge is 0.298 e. The van der Waals surface area contributed by atoms with Gasteiger partial charge in [-0.1, -0.05) is 11.6 Å². The van der Waals surface area contributed by atoms with E-state index in [4.69, 9.17) is 22.5 Å². The maximum atomic E-state index is 11.4. The third kappa shape index (κ3) is 2.87. The second kappa shape index (κ2) is 4.42. The number of benzene rings is 1. The van der Waals surface area contributed by atoms with Crippen LogP contribution in [0.1, 0.15) is 0 Å². The van der Waals surface area contributed by atoms with Crippen molar-refractivity contribution in [2.45, 2.75) is 9.79 Å². The summed E-state index contributed by atoms with van der Waals surface area (Å²) in [5.74, 6) is 0. The lowest BCUT2D eigenvalue weighted by molar-refractivity contribution is 0.397. The number of anilines is 1. The molecule has 0 saturated heterocycles. The Morgan fingerprint density at radius 2 is 1.71 bits per heavy atom. The molecule has 0 radical (unpaired) electrons. The first-order valence-corrected chi connectivity index (χ1v) is 7.35. The number of sulfonamides is 1. The van der Waals surface area contributed by atoms with Gasteiger partial charge in [-0.15, -0.1) is 0 Å². The van der Waals surface area contributed by atoms with E-state index in [2.05, 4.69) is 4.18 Å². The van der Waals surface area contributed by atoms with Crippen molar-refractivity contribution in [1.29, 1.82) is 0 Å². The maximum Gasteiger partial charge on any atom is 0.298 e. The van der Waals surface area contributed by atoms with E-state index in [1.807, 2.05) is 0 Å². The highest BCUT2D eigenvalue weighted by atomic mass is 35.5. The second-order valence-electron chi connectivity index (χ2n) is 2.99. The molecule has 0 aromatic heterocycles. The quantitative estimate of drug-likeness (QED) is 0.592. The largest absolute Gasteiger partial charge is 0.398 e. The second-order valence-corrected chi connectivity index (χ2v) is 6.60. The lowest BCUT2D eigenvalue weighted by Crippen LogP contribution is -2.16. The van der Waals surface area contributed by atoms with Crippen molar-refractivity contribution >= 4 is 37.4 Å². The molecule has 0 aliphatic carbocycles. The van der Waals surface area contributed by atoms with Gasteiger partial charge in [-0.05, 0) is 12.1 Å². The molecule has 1 aromatic carbocycles. The van der Waals surface area contributed by atoms with E-state index in [9.17, 15) is 16.8 Å². The molecular weight excluding hydrogens is 292 g/mol. The Labute approximate surface area is 103 Å². The van der Waals surface area contributed by atoms with Crippen molar-refractivity contribution < 1.29 is 21.0 Å². The fraction of sp³-hybridized carbons (Fsp3) is 0.143. The van der Waals surface area contributed by atoms with Crippen LogP contribution in [-0.2, 0) is 24.3 Å². The summed E-state index contributed by atoms with van der Waals surface area (Å²) in [5.41, 5.74) is 5.14. The summed E-state index contributed by atoms with van der Waals surface area (Å²) >= 11 is 5.64. The number of hydrogen-bond donors (Lipinski definition) is 2. The Hall–Kier alpha value is -0.870. The van der Waals surface area contributed by atoms with Gasteiger partial charge in [0, 0.05) is 0 Å². The molecule has 4 N–H and O–H groups in total. The molecule has 0 fully saturated rings. The molecule has 0 atom stereocenters. The van der Waals surface area contributed by atoms with E-state index >= 15 is 0 Å². The Kier molecular flexibility index (Phi) is 3.69. The summed E-state index contributed by atoms with van der Waals surface area (Å²) in [6.45, 7) is 0. The molecule has 1 aromatic rings. The van der Waals surface area contributed by atoms with Gasteiger partial charge in [-0.2, -0.15) is 8.42 Å². The first-order valence-electron chi connectivity index (χ1n) is 4.02. The monoisotopic (exact) mass is 300 g/mol. The third-order valence-corrected chi connectivity index (χ3v) is 4.57. The Balaban J connectivity index is 3.68. The zero-order chi connectivity index (χ0) is 13.4. The molecule has 0 aliphatic heterocycles. The standard InChI is InChI=1S/C7H9ClN2O5S2/c1-15-17(13,14)6-3-7(16(10,11)12)5(9)2-4(6)8/h2-3H,9H2,1H3,(H2,10,11,12). The summed E-state index contributed by atoms with van der Waals surface area (Å²) < 4.78 is 49.4. The molecule has 17 heavy (non-hydrogen) atoms. The van der Waals surface area contributed by atoms with Crippen LogP contribution in [0.3, 0.4) is 0 Å². The highest BCUT2D eigenvalue weighted by Gasteiger charge is 2.23. The number of primary sulfonamides is 1. The van der Waals surface area contributed by atoms with Crippen molar-refractivity contribution in [3.05, 3.63) is 17.2 Å². The van der Waals surface area contributed by atoms with Crippen molar-refractivity contribution in [3.8, 4) is 0 Å². The molecule has 0 heterocycles. The number of hydrogen-bond acceptors (Lipinski definition) is 6. The highest BCUT2D eigenvalue weighted by molar-refractivity contribution is 7.89. The molecule has 10 heteroatoms. The van der Waals surface area contributed by atoms with Crippen molar-refractivity contribution in [2.75, 3.05) is 12.8 Å². The van der Waals surface area contributed by atoms with Gasteiger partial charge in [0.05, 0.1) is 17.8 Å². The Bertz CT molecular complexity index is 653. The van der Waals surface area contributed by atoms with Gasteiger partial charge in [0.15, 0.2) is 0 Å². The Morgan fingerprint density at radius 3 is 2.12 bits per heavy atom. The summed E-state index contributed by atoms with van der Waals surface area (Å²) in [6.07, 6.45) is 0. The molecule has 0 spiro atoms. The molecule has 96 valence electrons. The van der Waals surface area contributed by atoms with Crippen LogP contribution in [0, 0.1) is 0 Å². The van der Waals surface area contributed by atoms with Crippen LogP contribution >= 0.6 is 11.6 Å². The number of rotatable bonds is 3. The zero-order valence-electron chi connectivity index (χ0n) is 8.55. The molecule has 1 rings (SSSR count). The molecule has 7 nitrogen and oxygen atoms in total. The van der Waals surface area contributed by atoms with Crippen molar-refractivity contribution in [3.63, 3.8) is 0 Å². The first kappa shape index (κ1) is 14.2. The Morgan fingerprint density at radius 1 is 1.18 bits per heavy atom. The third-order valence-electron chi connectivity index (χ3n) is 1.86. The van der Waals surface area contributed by atoms with E-state index < -0.39 is 29.9 Å². The lowest BCUT2D eigenvalue weighted by atomic mass is 10.3. The maximum absolute atomic E-state index is 11.4. The van der Waals surface area contributed by atoms with E-state index in [1.165, 1.54) is 0 Å². The summed E-state index contributed by atoms with van der Waals surface area (Å²) in [4.78, 5) is -1.04. The summed E-state index contributed by atoms with van der Waals surface area (Å²) in [7, 11) is -7.37. The van der Waals surface area contributed by atoms with E-state index in [0.29, 0.717) is 0 Å². The average molecular weight is 301 g/mol. The molecule has 0 saturated carbocycles. The topological polar surface area (TPSA) is 130 Å². The van der Waals surface area contributed by atoms with Crippen molar-refractivity contribution in [1.82, 2.24) is 0 Å². The predicted molar refractivity (Wildman–Crippen MR) is 61.4 cm³/mol. The fourth-order valence-corrected chi connectivity index (χ4v) is 3.02. The van der Waals surface area contributed by atoms with Gasteiger partial charge >= 0.3 is 0 Å².